The van der Waals surface area contributed by atoms with Crippen molar-refractivity contribution in [1.82, 2.24) is 0 Å². The molecule has 1 aromatic rings. The third kappa shape index (κ3) is 2.19. The Morgan fingerprint density at radius 3 is 2.82 bits per heavy atom. The summed E-state index contributed by atoms with van der Waals surface area (Å²) in [5.74, 6) is 1.70. The fraction of sp³-hybridized carbons (Fsp3) is 0.571. The lowest BCUT2D eigenvalue weighted by Crippen LogP contribution is -2.17. The summed E-state index contributed by atoms with van der Waals surface area (Å²) in [5.41, 5.74) is 1.62. The number of hydrogen-bond acceptors (Lipinski definition) is 3. The number of hydrogen-bond donors (Lipinski definition) is 1. The van der Waals surface area contributed by atoms with E-state index < -0.39 is 0 Å². The Morgan fingerprint density at radius 2 is 2.06 bits per heavy atom. The van der Waals surface area contributed by atoms with Gasteiger partial charge in [-0.2, -0.15) is 0 Å². The number of anilines is 1. The monoisotopic (exact) mass is 233 g/mol. The highest BCUT2D eigenvalue weighted by Gasteiger charge is 2.30. The van der Waals surface area contributed by atoms with E-state index in [2.05, 4.69) is 25.2 Å². The van der Waals surface area contributed by atoms with E-state index >= 15 is 0 Å². The number of fused-ring (bicyclic) bond motifs is 1. The average molecular weight is 233 g/mol. The highest BCUT2D eigenvalue weighted by molar-refractivity contribution is 5.56. The van der Waals surface area contributed by atoms with Crippen LogP contribution in [0.4, 0.5) is 5.69 Å². The lowest BCUT2D eigenvalue weighted by molar-refractivity contribution is 0.174. The summed E-state index contributed by atoms with van der Waals surface area (Å²) in [7, 11) is 0. The molecule has 1 aliphatic heterocycles. The third-order valence-corrected chi connectivity index (χ3v) is 3.71. The van der Waals surface area contributed by atoms with Crippen molar-refractivity contribution in [3.8, 4) is 11.5 Å². The SMILES string of the molecule is CC1(C)CCC(Nc2ccc3c(c2)OCO3)C1. The van der Waals surface area contributed by atoms with Gasteiger partial charge in [0.15, 0.2) is 11.5 Å². The van der Waals surface area contributed by atoms with Gasteiger partial charge in [-0.15, -0.1) is 0 Å². The molecule has 1 fully saturated rings. The van der Waals surface area contributed by atoms with Crippen LogP contribution in [0.15, 0.2) is 18.2 Å². The molecule has 92 valence electrons. The van der Waals surface area contributed by atoms with Crippen LogP contribution in [0.1, 0.15) is 33.1 Å². The standard InChI is InChI=1S/C14H19NO2/c1-14(2)6-5-11(8-14)15-10-3-4-12-13(7-10)17-9-16-12/h3-4,7,11,15H,5-6,8-9H2,1-2H3. The quantitative estimate of drug-likeness (QED) is 0.849. The Hall–Kier alpha value is -1.38. The summed E-state index contributed by atoms with van der Waals surface area (Å²) >= 11 is 0. The van der Waals surface area contributed by atoms with E-state index in [1.807, 2.05) is 12.1 Å². The second-order valence-corrected chi connectivity index (χ2v) is 5.82. The van der Waals surface area contributed by atoms with Gasteiger partial charge in [-0.3, -0.25) is 0 Å². The molecular formula is C14H19NO2. The second kappa shape index (κ2) is 3.83. The Labute approximate surface area is 102 Å². The molecule has 0 amide bonds. The Morgan fingerprint density at radius 1 is 1.24 bits per heavy atom. The van der Waals surface area contributed by atoms with Gasteiger partial charge in [-0.05, 0) is 36.8 Å². The van der Waals surface area contributed by atoms with Gasteiger partial charge in [0.1, 0.15) is 0 Å². The molecule has 0 aromatic heterocycles. The van der Waals surface area contributed by atoms with Crippen molar-refractivity contribution in [1.29, 1.82) is 0 Å². The molecule has 3 rings (SSSR count). The van der Waals surface area contributed by atoms with Crippen molar-refractivity contribution in [3.05, 3.63) is 18.2 Å². The van der Waals surface area contributed by atoms with E-state index in [4.69, 9.17) is 9.47 Å². The smallest absolute Gasteiger partial charge is 0.231 e. The largest absolute Gasteiger partial charge is 0.454 e. The summed E-state index contributed by atoms with van der Waals surface area (Å²) in [6, 6.07) is 6.67. The van der Waals surface area contributed by atoms with Gasteiger partial charge in [0.2, 0.25) is 6.79 Å². The fourth-order valence-corrected chi connectivity index (χ4v) is 2.78. The molecule has 2 aliphatic rings. The molecule has 0 spiro atoms. The average Bonchev–Trinajstić information content (AvgIpc) is 2.84. The van der Waals surface area contributed by atoms with E-state index in [1.54, 1.807) is 0 Å². The molecule has 3 nitrogen and oxygen atoms in total. The summed E-state index contributed by atoms with van der Waals surface area (Å²) in [6.07, 6.45) is 3.79. The Kier molecular flexibility index (Phi) is 2.42. The molecule has 1 aromatic carbocycles. The maximum atomic E-state index is 5.38. The van der Waals surface area contributed by atoms with Crippen LogP contribution in [0.2, 0.25) is 0 Å². The number of benzene rings is 1. The minimum Gasteiger partial charge on any atom is -0.454 e. The van der Waals surface area contributed by atoms with E-state index in [-0.39, 0.29) is 0 Å². The molecule has 0 saturated heterocycles. The van der Waals surface area contributed by atoms with Gasteiger partial charge in [-0.25, -0.2) is 0 Å². The van der Waals surface area contributed by atoms with E-state index in [0.29, 0.717) is 18.2 Å². The van der Waals surface area contributed by atoms with Crippen molar-refractivity contribution in [2.45, 2.75) is 39.2 Å². The molecule has 17 heavy (non-hydrogen) atoms. The number of rotatable bonds is 2. The molecule has 0 bridgehead atoms. The molecule has 1 N–H and O–H groups in total. The summed E-state index contributed by atoms with van der Waals surface area (Å²) in [4.78, 5) is 0. The van der Waals surface area contributed by atoms with Gasteiger partial charge < -0.3 is 14.8 Å². The third-order valence-electron chi connectivity index (χ3n) is 3.71. The summed E-state index contributed by atoms with van der Waals surface area (Å²) in [5, 5.41) is 3.59. The first-order valence-corrected chi connectivity index (χ1v) is 6.29. The zero-order valence-electron chi connectivity index (χ0n) is 10.5. The molecular weight excluding hydrogens is 214 g/mol. The second-order valence-electron chi connectivity index (χ2n) is 5.82. The van der Waals surface area contributed by atoms with Gasteiger partial charge in [0.05, 0.1) is 0 Å². The van der Waals surface area contributed by atoms with Crippen LogP contribution < -0.4 is 14.8 Å². The topological polar surface area (TPSA) is 30.5 Å². The van der Waals surface area contributed by atoms with Crippen molar-refractivity contribution in [3.63, 3.8) is 0 Å². The van der Waals surface area contributed by atoms with Crippen LogP contribution in [0.25, 0.3) is 0 Å². The lowest BCUT2D eigenvalue weighted by atomic mass is 9.92. The number of ether oxygens (including phenoxy) is 2. The highest BCUT2D eigenvalue weighted by Crippen LogP contribution is 2.39. The van der Waals surface area contributed by atoms with Gasteiger partial charge in [0, 0.05) is 17.8 Å². The Bertz CT molecular complexity index is 428. The van der Waals surface area contributed by atoms with Crippen LogP contribution in [-0.2, 0) is 0 Å². The number of nitrogens with one attached hydrogen (secondary N) is 1. The van der Waals surface area contributed by atoms with Crippen molar-refractivity contribution >= 4 is 5.69 Å². The van der Waals surface area contributed by atoms with Crippen LogP contribution >= 0.6 is 0 Å². The van der Waals surface area contributed by atoms with E-state index in [9.17, 15) is 0 Å². The van der Waals surface area contributed by atoms with Gasteiger partial charge >= 0.3 is 0 Å². The predicted octanol–water partition coefficient (Wildman–Crippen LogP) is 3.41. The maximum absolute atomic E-state index is 5.38. The first-order chi connectivity index (χ1) is 8.12. The summed E-state index contributed by atoms with van der Waals surface area (Å²) < 4.78 is 10.7. The van der Waals surface area contributed by atoms with Crippen molar-refractivity contribution in [2.24, 2.45) is 5.41 Å². The summed E-state index contributed by atoms with van der Waals surface area (Å²) in [6.45, 7) is 5.03. The molecule has 3 heteroatoms. The van der Waals surface area contributed by atoms with E-state index in [0.717, 1.165) is 17.2 Å². The molecule has 1 heterocycles. The molecule has 0 radical (unpaired) electrons. The van der Waals surface area contributed by atoms with Gasteiger partial charge in [-0.1, -0.05) is 13.8 Å². The van der Waals surface area contributed by atoms with Crippen LogP contribution in [0.3, 0.4) is 0 Å². The first-order valence-electron chi connectivity index (χ1n) is 6.29. The predicted molar refractivity (Wildman–Crippen MR) is 67.6 cm³/mol. The minimum absolute atomic E-state index is 0.343. The van der Waals surface area contributed by atoms with Crippen LogP contribution in [0, 0.1) is 5.41 Å². The first kappa shape index (κ1) is 10.8. The van der Waals surface area contributed by atoms with Crippen molar-refractivity contribution in [2.75, 3.05) is 12.1 Å². The lowest BCUT2D eigenvalue weighted by Gasteiger charge is -2.18. The molecule has 1 aliphatic carbocycles. The minimum atomic E-state index is 0.343. The zero-order chi connectivity index (χ0) is 11.9. The van der Waals surface area contributed by atoms with Crippen LogP contribution in [0.5, 0.6) is 11.5 Å². The molecule has 1 unspecified atom stereocenters. The van der Waals surface area contributed by atoms with E-state index in [1.165, 1.54) is 19.3 Å². The normalized spacial score (nSPS) is 24.9. The van der Waals surface area contributed by atoms with Crippen LogP contribution in [-0.4, -0.2) is 12.8 Å². The zero-order valence-corrected chi connectivity index (χ0v) is 10.5. The Balaban J connectivity index is 1.70. The maximum Gasteiger partial charge on any atom is 0.231 e. The molecule has 1 saturated carbocycles. The van der Waals surface area contributed by atoms with Crippen molar-refractivity contribution < 1.29 is 9.47 Å². The molecule has 1 atom stereocenters. The van der Waals surface area contributed by atoms with Gasteiger partial charge in [0.25, 0.3) is 0 Å². The highest BCUT2D eigenvalue weighted by atomic mass is 16.7. The fourth-order valence-electron chi connectivity index (χ4n) is 2.78.